The lowest BCUT2D eigenvalue weighted by atomic mass is 10.0. The summed E-state index contributed by atoms with van der Waals surface area (Å²) in [5.74, 6) is 1.03. The molecule has 0 saturated heterocycles. The molecular formula is C27H34N4O2S. The van der Waals surface area contributed by atoms with Crippen LogP contribution in [-0.4, -0.2) is 45.2 Å². The van der Waals surface area contributed by atoms with Crippen LogP contribution in [0.15, 0.2) is 70.5 Å². The van der Waals surface area contributed by atoms with E-state index in [-0.39, 0.29) is 18.1 Å². The molecule has 0 fully saturated rings. The zero-order valence-electron chi connectivity index (χ0n) is 20.2. The van der Waals surface area contributed by atoms with Crippen molar-refractivity contribution in [2.75, 3.05) is 12.3 Å². The van der Waals surface area contributed by atoms with Crippen LogP contribution >= 0.6 is 11.8 Å². The number of oxime groups is 1. The van der Waals surface area contributed by atoms with Gasteiger partial charge >= 0.3 is 6.03 Å². The second-order valence-corrected chi connectivity index (χ2v) is 9.97. The maximum atomic E-state index is 13.3. The fourth-order valence-corrected chi connectivity index (χ4v) is 5.81. The second kappa shape index (κ2) is 11.0. The van der Waals surface area contributed by atoms with Crippen molar-refractivity contribution in [1.29, 1.82) is 0 Å². The van der Waals surface area contributed by atoms with Crippen molar-refractivity contribution >= 4 is 23.5 Å². The predicted octanol–water partition coefficient (Wildman–Crippen LogP) is 6.10. The van der Waals surface area contributed by atoms with Gasteiger partial charge in [0.15, 0.2) is 0 Å². The number of urea groups is 1. The van der Waals surface area contributed by atoms with Crippen molar-refractivity contribution in [2.45, 2.75) is 52.7 Å². The molecular weight excluding hydrogens is 444 g/mol. The summed E-state index contributed by atoms with van der Waals surface area (Å²) in [4.78, 5) is 17.5. The molecule has 2 aromatic rings. The van der Waals surface area contributed by atoms with Gasteiger partial charge in [-0.1, -0.05) is 80.5 Å². The van der Waals surface area contributed by atoms with Gasteiger partial charge in [-0.2, -0.15) is 0 Å². The van der Waals surface area contributed by atoms with Gasteiger partial charge in [-0.3, -0.25) is 4.90 Å². The van der Waals surface area contributed by atoms with Crippen molar-refractivity contribution in [1.82, 2.24) is 15.1 Å². The zero-order chi connectivity index (χ0) is 24.1. The normalized spacial score (nSPS) is 20.0. The first kappa shape index (κ1) is 24.2. The standard InChI is InChI=1S/C27H34N4O2S/c1-4-16-28-27(32)31-25(19(3)5-2)30(24-23(29-33)15-17-34-26(24)31)18-20-11-13-22(14-12-20)21-9-7-6-8-10-21/h6-14,19,25,33H,4-5,15-18H2,1-3H3,(H,28,32). The molecule has 0 spiro atoms. The van der Waals surface area contributed by atoms with Crippen molar-refractivity contribution in [2.24, 2.45) is 11.1 Å². The molecule has 0 aliphatic carbocycles. The number of carbonyl (C=O) groups excluding carboxylic acids is 1. The summed E-state index contributed by atoms with van der Waals surface area (Å²) in [7, 11) is 0. The topological polar surface area (TPSA) is 68.2 Å². The number of nitrogens with zero attached hydrogens (tertiary/aromatic N) is 3. The molecule has 2 amide bonds. The van der Waals surface area contributed by atoms with Gasteiger partial charge in [0.2, 0.25) is 0 Å². The van der Waals surface area contributed by atoms with E-state index in [0.717, 1.165) is 34.9 Å². The van der Waals surface area contributed by atoms with Gasteiger partial charge in [0.1, 0.15) is 16.9 Å². The van der Waals surface area contributed by atoms with E-state index >= 15 is 0 Å². The van der Waals surface area contributed by atoms with E-state index in [1.54, 1.807) is 11.8 Å². The Labute approximate surface area is 206 Å². The number of hydrogen-bond acceptors (Lipinski definition) is 5. The van der Waals surface area contributed by atoms with Crippen LogP contribution in [0.3, 0.4) is 0 Å². The van der Waals surface area contributed by atoms with Crippen LogP contribution in [0.1, 0.15) is 45.6 Å². The number of benzene rings is 2. The molecule has 2 aromatic carbocycles. The lowest BCUT2D eigenvalue weighted by molar-refractivity contribution is 0.102. The van der Waals surface area contributed by atoms with Gasteiger partial charge in [0, 0.05) is 25.3 Å². The molecule has 0 aromatic heterocycles. The number of nitrogens with one attached hydrogen (secondary N) is 1. The van der Waals surface area contributed by atoms with Gasteiger partial charge in [0.05, 0.1) is 5.70 Å². The maximum absolute atomic E-state index is 13.3. The third-order valence-electron chi connectivity index (χ3n) is 6.58. The molecule has 180 valence electrons. The Balaban J connectivity index is 1.69. The van der Waals surface area contributed by atoms with E-state index in [4.69, 9.17) is 0 Å². The van der Waals surface area contributed by atoms with E-state index < -0.39 is 0 Å². The summed E-state index contributed by atoms with van der Waals surface area (Å²) < 4.78 is 0. The Morgan fingerprint density at radius 2 is 1.85 bits per heavy atom. The lowest BCUT2D eigenvalue weighted by Gasteiger charge is -2.37. The Morgan fingerprint density at radius 3 is 2.50 bits per heavy atom. The van der Waals surface area contributed by atoms with Crippen LogP contribution in [0, 0.1) is 5.92 Å². The first-order valence-corrected chi connectivity index (χ1v) is 13.1. The highest BCUT2D eigenvalue weighted by atomic mass is 32.2. The molecule has 0 saturated carbocycles. The molecule has 2 atom stereocenters. The Kier molecular flexibility index (Phi) is 7.83. The fourth-order valence-electron chi connectivity index (χ4n) is 4.62. The molecule has 2 aliphatic rings. The van der Waals surface area contributed by atoms with Crippen molar-refractivity contribution < 1.29 is 10.0 Å². The van der Waals surface area contributed by atoms with Crippen LogP contribution in [-0.2, 0) is 6.54 Å². The minimum atomic E-state index is -0.136. The number of rotatable bonds is 7. The van der Waals surface area contributed by atoms with Gasteiger partial charge in [-0.25, -0.2) is 4.79 Å². The van der Waals surface area contributed by atoms with Gasteiger partial charge in [-0.15, -0.1) is 11.8 Å². The van der Waals surface area contributed by atoms with Crippen LogP contribution in [0.4, 0.5) is 4.79 Å². The van der Waals surface area contributed by atoms with Gasteiger partial charge < -0.3 is 15.4 Å². The maximum Gasteiger partial charge on any atom is 0.324 e. The molecule has 34 heavy (non-hydrogen) atoms. The van der Waals surface area contributed by atoms with E-state index in [1.165, 1.54) is 11.1 Å². The summed E-state index contributed by atoms with van der Waals surface area (Å²) in [6.07, 6.45) is 2.36. The summed E-state index contributed by atoms with van der Waals surface area (Å²) in [6.45, 7) is 7.68. The summed E-state index contributed by atoms with van der Waals surface area (Å²) >= 11 is 1.68. The summed E-state index contributed by atoms with van der Waals surface area (Å²) in [5, 5.41) is 17.5. The number of hydrogen-bond donors (Lipinski definition) is 2. The highest BCUT2D eigenvalue weighted by molar-refractivity contribution is 8.03. The first-order valence-electron chi connectivity index (χ1n) is 12.1. The van der Waals surface area contributed by atoms with Crippen molar-refractivity contribution in [3.63, 3.8) is 0 Å². The van der Waals surface area contributed by atoms with Crippen LogP contribution in [0.2, 0.25) is 0 Å². The third-order valence-corrected chi connectivity index (χ3v) is 7.65. The minimum Gasteiger partial charge on any atom is -0.411 e. The largest absolute Gasteiger partial charge is 0.411 e. The molecule has 4 rings (SSSR count). The van der Waals surface area contributed by atoms with E-state index in [1.807, 2.05) is 23.1 Å². The molecule has 7 heteroatoms. The quantitative estimate of drug-likeness (QED) is 0.373. The van der Waals surface area contributed by atoms with Crippen molar-refractivity contribution in [3.05, 3.63) is 70.9 Å². The minimum absolute atomic E-state index is 0.0757. The first-order chi connectivity index (χ1) is 16.6. The smallest absolute Gasteiger partial charge is 0.324 e. The highest BCUT2D eigenvalue weighted by Gasteiger charge is 2.46. The van der Waals surface area contributed by atoms with E-state index in [9.17, 15) is 10.0 Å². The number of allylic oxidation sites excluding steroid dienone is 1. The molecule has 0 radical (unpaired) electrons. The fraction of sp³-hybridized carbons (Fsp3) is 0.407. The molecule has 6 nitrogen and oxygen atoms in total. The monoisotopic (exact) mass is 478 g/mol. The average Bonchev–Trinajstić information content (AvgIpc) is 3.22. The number of thioether (sulfide) groups is 1. The zero-order valence-corrected chi connectivity index (χ0v) is 21.0. The molecule has 2 heterocycles. The Bertz CT molecular complexity index is 1050. The molecule has 2 unspecified atom stereocenters. The van der Waals surface area contributed by atoms with E-state index in [2.05, 4.69) is 72.5 Å². The predicted molar refractivity (Wildman–Crippen MR) is 140 cm³/mol. The van der Waals surface area contributed by atoms with Crippen LogP contribution in [0.5, 0.6) is 0 Å². The number of carbonyl (C=O) groups is 1. The van der Waals surface area contributed by atoms with Crippen LogP contribution < -0.4 is 5.32 Å². The highest BCUT2D eigenvalue weighted by Crippen LogP contribution is 2.44. The van der Waals surface area contributed by atoms with E-state index in [0.29, 0.717) is 25.2 Å². The lowest BCUT2D eigenvalue weighted by Crippen LogP contribution is -2.50. The summed E-state index contributed by atoms with van der Waals surface area (Å²) in [5.41, 5.74) is 5.07. The molecule has 0 bridgehead atoms. The third kappa shape index (κ3) is 4.80. The van der Waals surface area contributed by atoms with Crippen LogP contribution in [0.25, 0.3) is 11.1 Å². The van der Waals surface area contributed by atoms with Crippen molar-refractivity contribution in [3.8, 4) is 11.1 Å². The Morgan fingerprint density at radius 1 is 1.15 bits per heavy atom. The molecule has 2 N–H and O–H groups in total. The SMILES string of the molecule is CCCNC(=O)N1C2=C(C(=NO)CCS2)N(Cc2ccc(-c3ccccc3)cc2)C1C(C)CC. The van der Waals surface area contributed by atoms with Gasteiger partial charge in [-0.05, 0) is 35.4 Å². The van der Waals surface area contributed by atoms with Gasteiger partial charge in [0.25, 0.3) is 0 Å². The second-order valence-electron chi connectivity index (χ2n) is 8.89. The Hall–Kier alpha value is -2.93. The number of amides is 2. The molecule has 2 aliphatic heterocycles. The average molecular weight is 479 g/mol. The summed E-state index contributed by atoms with van der Waals surface area (Å²) in [6, 6.07) is 18.9.